The Morgan fingerprint density at radius 2 is 2.06 bits per heavy atom. The fraction of sp³-hybridized carbons (Fsp3) is 0.700. The molecule has 0 atom stereocenters. The number of hydrogen-bond donors (Lipinski definition) is 1. The standard InChI is InChI=1S/C10H18NO4PS/c1-3-14-16(13,15-4-2)7-9-8-17-10(11-9)5-6-12/h8,12H,3-7H2,1-2H3. The van der Waals surface area contributed by atoms with Crippen molar-refractivity contribution >= 4 is 18.9 Å². The van der Waals surface area contributed by atoms with Crippen LogP contribution >= 0.6 is 18.9 Å². The van der Waals surface area contributed by atoms with Crippen molar-refractivity contribution in [3.63, 3.8) is 0 Å². The first kappa shape index (κ1) is 14.8. The molecule has 0 aliphatic carbocycles. The van der Waals surface area contributed by atoms with Gasteiger partial charge in [0.2, 0.25) is 0 Å². The first-order valence-corrected chi connectivity index (χ1v) is 8.16. The first-order chi connectivity index (χ1) is 8.13. The number of thiazole rings is 1. The highest BCUT2D eigenvalue weighted by atomic mass is 32.1. The Morgan fingerprint density at radius 1 is 1.41 bits per heavy atom. The van der Waals surface area contributed by atoms with Crippen LogP contribution in [0.5, 0.6) is 0 Å². The van der Waals surface area contributed by atoms with Gasteiger partial charge in [0, 0.05) is 18.4 Å². The smallest absolute Gasteiger partial charge is 0.336 e. The van der Waals surface area contributed by atoms with Crippen LogP contribution in [0.25, 0.3) is 0 Å². The Balaban J connectivity index is 2.68. The lowest BCUT2D eigenvalue weighted by Crippen LogP contribution is -1.99. The van der Waals surface area contributed by atoms with E-state index >= 15 is 0 Å². The van der Waals surface area contributed by atoms with Crippen LogP contribution in [0.15, 0.2) is 5.38 Å². The van der Waals surface area contributed by atoms with Crippen molar-refractivity contribution in [1.29, 1.82) is 0 Å². The topological polar surface area (TPSA) is 68.7 Å². The van der Waals surface area contributed by atoms with E-state index in [0.29, 0.717) is 25.3 Å². The number of aliphatic hydroxyl groups is 1. The summed E-state index contributed by atoms with van der Waals surface area (Å²) in [5.74, 6) is 0. The molecule has 0 bridgehead atoms. The lowest BCUT2D eigenvalue weighted by atomic mass is 10.5. The second-order valence-electron chi connectivity index (χ2n) is 3.31. The zero-order valence-electron chi connectivity index (χ0n) is 10.1. The van der Waals surface area contributed by atoms with E-state index in [2.05, 4.69) is 4.98 Å². The van der Waals surface area contributed by atoms with Gasteiger partial charge in [0.25, 0.3) is 0 Å². The molecule has 0 amide bonds. The molecule has 0 fully saturated rings. The SMILES string of the molecule is CCOP(=O)(Cc1csc(CCO)n1)OCC. The summed E-state index contributed by atoms with van der Waals surface area (Å²) in [5.41, 5.74) is 0.698. The molecule has 1 aromatic heterocycles. The van der Waals surface area contributed by atoms with Gasteiger partial charge in [0.15, 0.2) is 0 Å². The van der Waals surface area contributed by atoms with E-state index in [1.165, 1.54) is 11.3 Å². The predicted molar refractivity (Wildman–Crippen MR) is 67.5 cm³/mol. The summed E-state index contributed by atoms with van der Waals surface area (Å²) in [6.07, 6.45) is 0.717. The average molecular weight is 279 g/mol. The van der Waals surface area contributed by atoms with Crippen molar-refractivity contribution in [2.75, 3.05) is 19.8 Å². The Labute approximate surface area is 105 Å². The molecule has 1 aromatic rings. The molecule has 0 radical (unpaired) electrons. The summed E-state index contributed by atoms with van der Waals surface area (Å²) >= 11 is 1.45. The molecule has 1 N–H and O–H groups in total. The molecule has 98 valence electrons. The van der Waals surface area contributed by atoms with Crippen LogP contribution in [-0.2, 0) is 26.2 Å². The largest absolute Gasteiger partial charge is 0.396 e. The minimum absolute atomic E-state index is 0.0710. The zero-order valence-corrected chi connectivity index (χ0v) is 11.8. The van der Waals surface area contributed by atoms with Crippen molar-refractivity contribution in [2.45, 2.75) is 26.4 Å². The highest BCUT2D eigenvalue weighted by Gasteiger charge is 2.25. The van der Waals surface area contributed by atoms with Gasteiger partial charge in [-0.1, -0.05) is 0 Å². The highest BCUT2D eigenvalue weighted by Crippen LogP contribution is 2.51. The fourth-order valence-electron chi connectivity index (χ4n) is 1.35. The molecular formula is C10H18NO4PS. The number of aromatic nitrogens is 1. The second-order valence-corrected chi connectivity index (χ2v) is 6.31. The van der Waals surface area contributed by atoms with Gasteiger partial charge < -0.3 is 14.2 Å². The summed E-state index contributed by atoms with van der Waals surface area (Å²) in [7, 11) is -3.07. The Kier molecular flexibility index (Phi) is 6.30. The minimum atomic E-state index is -3.07. The van der Waals surface area contributed by atoms with Crippen LogP contribution in [-0.4, -0.2) is 29.9 Å². The van der Waals surface area contributed by atoms with E-state index in [9.17, 15) is 4.57 Å². The third kappa shape index (κ3) is 4.85. The van der Waals surface area contributed by atoms with Crippen LogP contribution in [0.4, 0.5) is 0 Å². The van der Waals surface area contributed by atoms with Crippen molar-refractivity contribution < 1.29 is 18.7 Å². The Morgan fingerprint density at radius 3 is 2.59 bits per heavy atom. The summed E-state index contributed by atoms with van der Waals surface area (Å²) < 4.78 is 22.6. The number of aliphatic hydroxyl groups excluding tert-OH is 1. The first-order valence-electron chi connectivity index (χ1n) is 5.55. The quantitative estimate of drug-likeness (QED) is 0.740. The highest BCUT2D eigenvalue weighted by molar-refractivity contribution is 7.53. The summed E-state index contributed by atoms with van der Waals surface area (Å²) in [6, 6.07) is 0. The van der Waals surface area contributed by atoms with Crippen LogP contribution < -0.4 is 0 Å². The predicted octanol–water partition coefficient (Wildman–Crippen LogP) is 2.44. The van der Waals surface area contributed by atoms with E-state index in [-0.39, 0.29) is 12.8 Å². The van der Waals surface area contributed by atoms with Gasteiger partial charge in [-0.15, -0.1) is 11.3 Å². The molecule has 7 heteroatoms. The molecule has 5 nitrogen and oxygen atoms in total. The second kappa shape index (κ2) is 7.24. The Hall–Kier alpha value is -0.260. The van der Waals surface area contributed by atoms with Gasteiger partial charge in [0.05, 0.1) is 30.1 Å². The molecule has 0 aliphatic rings. The van der Waals surface area contributed by atoms with Crippen LogP contribution in [0.2, 0.25) is 0 Å². The van der Waals surface area contributed by atoms with Gasteiger partial charge in [0.1, 0.15) is 0 Å². The summed E-state index contributed by atoms with van der Waals surface area (Å²) in [6.45, 7) is 4.34. The van der Waals surface area contributed by atoms with E-state index in [1.54, 1.807) is 13.8 Å². The molecule has 17 heavy (non-hydrogen) atoms. The number of hydrogen-bond acceptors (Lipinski definition) is 6. The molecule has 0 unspecified atom stereocenters. The van der Waals surface area contributed by atoms with Gasteiger partial charge in [-0.05, 0) is 13.8 Å². The van der Waals surface area contributed by atoms with Gasteiger partial charge in [-0.2, -0.15) is 0 Å². The van der Waals surface area contributed by atoms with Crippen molar-refractivity contribution in [1.82, 2.24) is 4.98 Å². The van der Waals surface area contributed by atoms with Crippen molar-refractivity contribution in [3.8, 4) is 0 Å². The molecule has 0 saturated heterocycles. The molecule has 0 saturated carbocycles. The minimum Gasteiger partial charge on any atom is -0.396 e. The third-order valence-corrected chi connectivity index (χ3v) is 4.90. The zero-order chi connectivity index (χ0) is 12.7. The monoisotopic (exact) mass is 279 g/mol. The average Bonchev–Trinajstić information content (AvgIpc) is 2.66. The van der Waals surface area contributed by atoms with Crippen LogP contribution in [0.1, 0.15) is 24.5 Å². The molecule has 1 rings (SSSR count). The van der Waals surface area contributed by atoms with Crippen LogP contribution in [0, 0.1) is 0 Å². The number of rotatable bonds is 8. The molecular weight excluding hydrogens is 261 g/mol. The van der Waals surface area contributed by atoms with E-state index in [0.717, 1.165) is 5.01 Å². The summed E-state index contributed by atoms with van der Waals surface area (Å²) in [5, 5.41) is 11.5. The fourth-order valence-corrected chi connectivity index (χ4v) is 3.87. The third-order valence-electron chi connectivity index (χ3n) is 1.93. The van der Waals surface area contributed by atoms with E-state index in [4.69, 9.17) is 14.2 Å². The van der Waals surface area contributed by atoms with Gasteiger partial charge >= 0.3 is 7.60 Å². The molecule has 0 aromatic carbocycles. The molecule has 0 aliphatic heterocycles. The lowest BCUT2D eigenvalue weighted by Gasteiger charge is -2.15. The van der Waals surface area contributed by atoms with Crippen molar-refractivity contribution in [3.05, 3.63) is 16.1 Å². The van der Waals surface area contributed by atoms with E-state index < -0.39 is 7.60 Å². The van der Waals surface area contributed by atoms with Crippen molar-refractivity contribution in [2.24, 2.45) is 0 Å². The maximum atomic E-state index is 12.2. The maximum absolute atomic E-state index is 12.2. The Bertz CT molecular complexity index is 372. The van der Waals surface area contributed by atoms with Gasteiger partial charge in [-0.3, -0.25) is 4.57 Å². The molecule has 0 spiro atoms. The number of nitrogens with zero attached hydrogens (tertiary/aromatic N) is 1. The van der Waals surface area contributed by atoms with E-state index in [1.807, 2.05) is 5.38 Å². The van der Waals surface area contributed by atoms with Gasteiger partial charge in [-0.25, -0.2) is 4.98 Å². The maximum Gasteiger partial charge on any atom is 0.336 e. The molecule has 1 heterocycles. The van der Waals surface area contributed by atoms with Crippen LogP contribution in [0.3, 0.4) is 0 Å². The lowest BCUT2D eigenvalue weighted by molar-refractivity contribution is 0.219. The normalized spacial score (nSPS) is 11.9. The summed E-state index contributed by atoms with van der Waals surface area (Å²) in [4.78, 5) is 4.28.